The Labute approximate surface area is 350 Å². The van der Waals surface area contributed by atoms with Crippen molar-refractivity contribution in [2.24, 2.45) is 13.0 Å². The number of nitrogens with zero attached hydrogens (tertiary/aromatic N) is 5. The molecule has 11 nitrogen and oxygen atoms in total. The molecule has 12 heteroatoms. The zero-order valence-electron chi connectivity index (χ0n) is 33.7. The number of rotatable bonds is 18. The Morgan fingerprint density at radius 3 is 2.20 bits per heavy atom. The molecular weight excluding hydrogens is 761 g/mol. The van der Waals surface area contributed by atoms with Crippen LogP contribution in [-0.2, 0) is 49.0 Å². The molecule has 0 radical (unpaired) electrons. The van der Waals surface area contributed by atoms with Gasteiger partial charge in [-0.15, -0.1) is 20.7 Å². The number of hydrogen-bond acceptors (Lipinski definition) is 8. The molecule has 1 aliphatic heterocycles. The Bertz CT molecular complexity index is 2220. The smallest absolute Gasteiger partial charge is 0.410 e. The van der Waals surface area contributed by atoms with E-state index in [9.17, 15) is 9.59 Å². The van der Waals surface area contributed by atoms with Gasteiger partial charge in [0.05, 0.1) is 23.1 Å². The summed E-state index contributed by atoms with van der Waals surface area (Å²) in [6, 6.07) is 36.2. The molecule has 0 saturated carbocycles. The highest BCUT2D eigenvalue weighted by Gasteiger charge is 2.25. The van der Waals surface area contributed by atoms with Crippen molar-refractivity contribution in [3.8, 4) is 22.0 Å². The highest BCUT2D eigenvalue weighted by molar-refractivity contribution is 7.13. The predicted octanol–water partition coefficient (Wildman–Crippen LogP) is 8.67. The van der Waals surface area contributed by atoms with Crippen LogP contribution in [0.3, 0.4) is 0 Å². The van der Waals surface area contributed by atoms with Crippen LogP contribution in [-0.4, -0.2) is 58.2 Å². The second-order valence-electron chi connectivity index (χ2n) is 14.9. The summed E-state index contributed by atoms with van der Waals surface area (Å²) in [5.41, 5.74) is 7.26. The van der Waals surface area contributed by atoms with E-state index in [0.717, 1.165) is 95.9 Å². The molecule has 59 heavy (non-hydrogen) atoms. The van der Waals surface area contributed by atoms with Crippen molar-refractivity contribution in [1.82, 2.24) is 25.1 Å². The molecule has 0 unspecified atom stereocenters. The fourth-order valence-corrected chi connectivity index (χ4v) is 8.05. The fourth-order valence-electron chi connectivity index (χ4n) is 7.16. The van der Waals surface area contributed by atoms with Gasteiger partial charge < -0.3 is 24.4 Å². The number of ether oxygens (including phenoxy) is 3. The zero-order valence-corrected chi connectivity index (χ0v) is 34.5. The molecule has 6 aromatic rings. The molecule has 7 rings (SSSR count). The van der Waals surface area contributed by atoms with Gasteiger partial charge in [-0.1, -0.05) is 91.0 Å². The lowest BCUT2D eigenvalue weighted by atomic mass is 9.94. The van der Waals surface area contributed by atoms with Crippen molar-refractivity contribution in [3.63, 3.8) is 0 Å². The van der Waals surface area contributed by atoms with E-state index in [1.54, 1.807) is 11.3 Å². The topological polar surface area (TPSA) is 112 Å². The Kier molecular flexibility index (Phi) is 14.7. The molecule has 3 heterocycles. The number of benzene rings is 4. The summed E-state index contributed by atoms with van der Waals surface area (Å²) in [6.07, 6.45) is 8.43. The van der Waals surface area contributed by atoms with Crippen LogP contribution in [0, 0.1) is 5.92 Å². The average Bonchev–Trinajstić information content (AvgIpc) is 3.91. The van der Waals surface area contributed by atoms with Crippen molar-refractivity contribution >= 4 is 23.5 Å². The summed E-state index contributed by atoms with van der Waals surface area (Å²) in [5.74, 6) is 1.23. The van der Waals surface area contributed by atoms with Crippen LogP contribution in [0.25, 0.3) is 16.3 Å². The predicted molar refractivity (Wildman–Crippen MR) is 228 cm³/mol. The van der Waals surface area contributed by atoms with Gasteiger partial charge in [0.1, 0.15) is 31.0 Å². The van der Waals surface area contributed by atoms with Gasteiger partial charge in [-0.05, 0) is 79.7 Å². The quantitative estimate of drug-likeness (QED) is 0.0683. The number of alkyl carbamates (subject to hydrolysis) is 1. The lowest BCUT2D eigenvalue weighted by molar-refractivity contribution is -0.661. The van der Waals surface area contributed by atoms with Crippen LogP contribution >= 0.6 is 11.3 Å². The lowest BCUT2D eigenvalue weighted by Crippen LogP contribution is -2.39. The molecule has 1 fully saturated rings. The summed E-state index contributed by atoms with van der Waals surface area (Å²) >= 11 is 1.64. The van der Waals surface area contributed by atoms with Crippen LogP contribution in [0.2, 0.25) is 0 Å². The van der Waals surface area contributed by atoms with Crippen molar-refractivity contribution in [2.45, 2.75) is 64.6 Å². The maximum Gasteiger partial charge on any atom is 0.410 e. The normalized spacial score (nSPS) is 12.9. The Morgan fingerprint density at radius 2 is 1.49 bits per heavy atom. The lowest BCUT2D eigenvalue weighted by Gasteiger charge is -2.31. The average molecular weight is 814 g/mol. The molecule has 1 saturated heterocycles. The second kappa shape index (κ2) is 21.1. The summed E-state index contributed by atoms with van der Waals surface area (Å²) in [7, 11) is 1.96. The van der Waals surface area contributed by atoms with Crippen LogP contribution < -0.4 is 14.7 Å². The number of likely N-dealkylation sites (tertiary alicyclic amines) is 1. The maximum atomic E-state index is 12.7. The van der Waals surface area contributed by atoms with Crippen LogP contribution in [0.1, 0.15) is 60.2 Å². The van der Waals surface area contributed by atoms with Crippen LogP contribution in [0.4, 0.5) is 9.59 Å². The fraction of sp³-hybridized carbons (Fsp3) is 0.340. The number of carbonyl (C=O) groups is 2. The van der Waals surface area contributed by atoms with Crippen molar-refractivity contribution in [2.75, 3.05) is 26.2 Å². The molecule has 0 bridgehead atoms. The number of amides is 2. The first kappa shape index (κ1) is 41.2. The van der Waals surface area contributed by atoms with E-state index in [1.807, 2.05) is 88.0 Å². The maximum absolute atomic E-state index is 12.7. The molecule has 2 amide bonds. The van der Waals surface area contributed by atoms with Gasteiger partial charge >= 0.3 is 12.2 Å². The molecule has 0 spiro atoms. The molecular formula is C47H53N6O5S+. The third-order valence-corrected chi connectivity index (χ3v) is 11.6. The first-order chi connectivity index (χ1) is 29.0. The zero-order chi connectivity index (χ0) is 40.7. The van der Waals surface area contributed by atoms with Crippen molar-refractivity contribution < 1.29 is 28.5 Å². The third kappa shape index (κ3) is 12.2. The first-order valence-corrected chi connectivity index (χ1v) is 21.5. The molecule has 2 aromatic heterocycles. The van der Waals surface area contributed by atoms with Gasteiger partial charge in [-0.3, -0.25) is 0 Å². The van der Waals surface area contributed by atoms with E-state index in [2.05, 4.69) is 59.4 Å². The number of carbonyl (C=O) groups excluding carboxylic acids is 2. The van der Waals surface area contributed by atoms with Gasteiger partial charge in [-0.25, -0.2) is 14.6 Å². The minimum absolute atomic E-state index is 0.250. The van der Waals surface area contributed by atoms with E-state index >= 15 is 0 Å². The van der Waals surface area contributed by atoms with Crippen molar-refractivity contribution in [3.05, 3.63) is 149 Å². The van der Waals surface area contributed by atoms with E-state index < -0.39 is 6.09 Å². The van der Waals surface area contributed by atoms with E-state index in [0.29, 0.717) is 32.2 Å². The van der Waals surface area contributed by atoms with E-state index in [4.69, 9.17) is 24.4 Å². The largest absolute Gasteiger partial charge is 0.493 e. The summed E-state index contributed by atoms with van der Waals surface area (Å²) < 4.78 is 21.3. The van der Waals surface area contributed by atoms with Crippen LogP contribution in [0.5, 0.6) is 5.75 Å². The van der Waals surface area contributed by atoms with Crippen LogP contribution in [0.15, 0.2) is 121 Å². The number of nitrogens with one attached hydrogen (secondary N) is 1. The van der Waals surface area contributed by atoms with Gasteiger partial charge in [-0.2, -0.15) is 0 Å². The van der Waals surface area contributed by atoms with E-state index in [1.165, 1.54) is 5.56 Å². The minimum Gasteiger partial charge on any atom is -0.493 e. The van der Waals surface area contributed by atoms with Gasteiger partial charge in [0.2, 0.25) is 0 Å². The number of aromatic nitrogens is 4. The van der Waals surface area contributed by atoms with Crippen molar-refractivity contribution in [1.29, 1.82) is 0 Å². The second-order valence-corrected chi connectivity index (χ2v) is 15.8. The van der Waals surface area contributed by atoms with Gasteiger partial charge in [0.15, 0.2) is 17.6 Å². The Balaban J connectivity index is 0.944. The first-order valence-electron chi connectivity index (χ1n) is 20.6. The number of aryl methyl sites for hydroxylation is 4. The standard InChI is InChI=1S/C47H52N6O5S/c1-51-42(19-11-12-27-48-46(54)57-33-38-15-7-3-8-16-38)32-53(50-51)41-22-23-43(45-49-40(35-59-45)21-20-36-13-5-2-6-14-36)44(31-41)56-30-26-37-24-28-52(29-25-37)47(55)58-34-39-17-9-4-10-18-39/h2-10,13-18,22-23,31-32,35,37H,11-12,19-21,24-30,33-34H2,1H3/p+1. The highest BCUT2D eigenvalue weighted by atomic mass is 32.1. The van der Waals surface area contributed by atoms with Gasteiger partial charge in [0, 0.05) is 37.5 Å². The summed E-state index contributed by atoms with van der Waals surface area (Å²) in [4.78, 5) is 31.8. The SMILES string of the molecule is Cn1n[n+](-c2ccc(-c3nc(CCc4ccccc4)cs3)c(OCCC3CCN(C(=O)OCc4ccccc4)CC3)c2)cc1CCCCNC(=O)OCc1ccccc1. The van der Waals surface area contributed by atoms with Gasteiger partial charge in [0.25, 0.3) is 0 Å². The third-order valence-electron chi connectivity index (χ3n) is 10.6. The summed E-state index contributed by atoms with van der Waals surface area (Å²) in [6.45, 7) is 3.00. The molecule has 306 valence electrons. The Morgan fingerprint density at radius 1 is 0.814 bits per heavy atom. The minimum atomic E-state index is -0.406. The molecule has 1 aliphatic rings. The number of unbranched alkanes of at least 4 members (excludes halogenated alkanes) is 1. The monoisotopic (exact) mass is 813 g/mol. The molecule has 1 N–H and O–H groups in total. The highest BCUT2D eigenvalue weighted by Crippen LogP contribution is 2.34. The number of hydrogen-bond donors (Lipinski definition) is 1. The van der Waals surface area contributed by atoms with E-state index in [-0.39, 0.29) is 19.3 Å². The number of piperidine rings is 1. The molecule has 0 aliphatic carbocycles. The molecule has 4 aromatic carbocycles. The molecule has 0 atom stereocenters. The summed E-state index contributed by atoms with van der Waals surface area (Å²) in [5, 5.41) is 10.7. The Hall–Kier alpha value is -6.01. The number of thiazole rings is 1.